The van der Waals surface area contributed by atoms with E-state index in [0.29, 0.717) is 17.4 Å². The highest BCUT2D eigenvalue weighted by Crippen LogP contribution is 2.09. The predicted octanol–water partition coefficient (Wildman–Crippen LogP) is 3.60. The highest BCUT2D eigenvalue weighted by Gasteiger charge is 2.03. The van der Waals surface area contributed by atoms with Gasteiger partial charge in [0.05, 0.1) is 11.6 Å². The van der Waals surface area contributed by atoms with Crippen LogP contribution in [0.3, 0.4) is 0 Å². The van der Waals surface area contributed by atoms with E-state index in [1.54, 1.807) is 12.1 Å². The SMILES string of the molecule is C=C(C)/C=C(\C)CCOCC(=O)Nc1ccc(Cl)cn1. The van der Waals surface area contributed by atoms with E-state index >= 15 is 0 Å². The molecular weight excluding hydrogens is 276 g/mol. The smallest absolute Gasteiger partial charge is 0.251 e. The van der Waals surface area contributed by atoms with Crippen LogP contribution < -0.4 is 5.32 Å². The molecule has 1 amide bonds. The Hall–Kier alpha value is -1.65. The minimum Gasteiger partial charge on any atom is -0.371 e. The molecule has 0 saturated carbocycles. The van der Waals surface area contributed by atoms with Crippen molar-refractivity contribution >= 4 is 23.3 Å². The van der Waals surface area contributed by atoms with E-state index in [4.69, 9.17) is 16.3 Å². The summed E-state index contributed by atoms with van der Waals surface area (Å²) in [6.45, 7) is 8.26. The molecule has 1 aromatic heterocycles. The monoisotopic (exact) mass is 294 g/mol. The van der Waals surface area contributed by atoms with Crippen LogP contribution in [-0.2, 0) is 9.53 Å². The topological polar surface area (TPSA) is 51.2 Å². The Bertz CT molecular complexity index is 495. The zero-order valence-corrected chi connectivity index (χ0v) is 12.5. The number of hydrogen-bond acceptors (Lipinski definition) is 3. The number of ether oxygens (including phenoxy) is 1. The summed E-state index contributed by atoms with van der Waals surface area (Å²) in [5.41, 5.74) is 2.19. The van der Waals surface area contributed by atoms with Crippen LogP contribution in [0.5, 0.6) is 0 Å². The molecule has 1 aromatic rings. The van der Waals surface area contributed by atoms with Gasteiger partial charge in [0.1, 0.15) is 12.4 Å². The lowest BCUT2D eigenvalue weighted by Crippen LogP contribution is -2.19. The molecular formula is C15H19ClN2O2. The second-order valence-electron chi connectivity index (χ2n) is 4.55. The Balaban J connectivity index is 2.24. The molecule has 108 valence electrons. The van der Waals surface area contributed by atoms with Crippen LogP contribution in [0.25, 0.3) is 0 Å². The molecule has 0 spiro atoms. The third-order valence-corrected chi connectivity index (χ3v) is 2.59. The van der Waals surface area contributed by atoms with E-state index in [1.165, 1.54) is 11.8 Å². The number of carbonyl (C=O) groups is 1. The minimum atomic E-state index is -0.235. The van der Waals surface area contributed by atoms with Crippen molar-refractivity contribution in [3.05, 3.63) is 47.2 Å². The van der Waals surface area contributed by atoms with Crippen LogP contribution in [0.15, 0.2) is 42.1 Å². The molecule has 0 aliphatic heterocycles. The van der Waals surface area contributed by atoms with E-state index in [2.05, 4.69) is 16.9 Å². The van der Waals surface area contributed by atoms with Crippen molar-refractivity contribution in [3.63, 3.8) is 0 Å². The standard InChI is InChI=1S/C15H19ClN2O2/c1-11(2)8-12(3)6-7-20-10-15(19)18-14-5-4-13(16)9-17-14/h4-5,8-9H,1,6-7,10H2,2-3H3,(H,17,18,19)/b12-8+. The molecule has 1 N–H and O–H groups in total. The fraction of sp³-hybridized carbons (Fsp3) is 0.333. The predicted molar refractivity (Wildman–Crippen MR) is 81.9 cm³/mol. The highest BCUT2D eigenvalue weighted by molar-refractivity contribution is 6.30. The summed E-state index contributed by atoms with van der Waals surface area (Å²) in [5.74, 6) is 0.225. The summed E-state index contributed by atoms with van der Waals surface area (Å²) in [7, 11) is 0. The van der Waals surface area contributed by atoms with Crippen LogP contribution in [0, 0.1) is 0 Å². The zero-order chi connectivity index (χ0) is 15.0. The number of pyridine rings is 1. The third-order valence-electron chi connectivity index (χ3n) is 2.36. The number of amides is 1. The van der Waals surface area contributed by atoms with Gasteiger partial charge in [0.2, 0.25) is 0 Å². The number of rotatable bonds is 7. The molecule has 0 atom stereocenters. The third kappa shape index (κ3) is 7.07. The van der Waals surface area contributed by atoms with E-state index < -0.39 is 0 Å². The van der Waals surface area contributed by atoms with Crippen molar-refractivity contribution in [2.24, 2.45) is 0 Å². The molecule has 0 radical (unpaired) electrons. The first kappa shape index (κ1) is 16.4. The van der Waals surface area contributed by atoms with Gasteiger partial charge in [0, 0.05) is 6.20 Å². The van der Waals surface area contributed by atoms with Crippen molar-refractivity contribution in [2.45, 2.75) is 20.3 Å². The molecule has 0 fully saturated rings. The first-order valence-corrected chi connectivity index (χ1v) is 6.67. The molecule has 1 heterocycles. The van der Waals surface area contributed by atoms with E-state index in [-0.39, 0.29) is 12.5 Å². The second kappa shape index (κ2) is 8.51. The fourth-order valence-corrected chi connectivity index (χ4v) is 1.63. The maximum absolute atomic E-state index is 11.6. The van der Waals surface area contributed by atoms with Crippen LogP contribution in [0.4, 0.5) is 5.82 Å². The molecule has 0 aromatic carbocycles. The number of anilines is 1. The van der Waals surface area contributed by atoms with Gasteiger partial charge < -0.3 is 10.1 Å². The average molecular weight is 295 g/mol. The largest absolute Gasteiger partial charge is 0.371 e. The van der Waals surface area contributed by atoms with Gasteiger partial charge in [-0.1, -0.05) is 35.4 Å². The van der Waals surface area contributed by atoms with Crippen molar-refractivity contribution in [1.29, 1.82) is 0 Å². The summed E-state index contributed by atoms with van der Waals surface area (Å²) in [4.78, 5) is 15.6. The molecule has 4 nitrogen and oxygen atoms in total. The number of carbonyl (C=O) groups excluding carboxylic acids is 1. The summed E-state index contributed by atoms with van der Waals surface area (Å²) >= 11 is 5.70. The molecule has 0 aliphatic rings. The summed E-state index contributed by atoms with van der Waals surface area (Å²) in [5, 5.41) is 3.15. The average Bonchev–Trinajstić information content (AvgIpc) is 2.37. The van der Waals surface area contributed by atoms with Gasteiger partial charge in [-0.15, -0.1) is 0 Å². The van der Waals surface area contributed by atoms with Gasteiger partial charge in [-0.05, 0) is 32.4 Å². The van der Waals surface area contributed by atoms with Crippen LogP contribution >= 0.6 is 11.6 Å². The molecule has 0 unspecified atom stereocenters. The number of halogens is 1. The summed E-state index contributed by atoms with van der Waals surface area (Å²) in [6.07, 6.45) is 4.25. The normalized spacial score (nSPS) is 11.2. The quantitative estimate of drug-likeness (QED) is 0.617. The Morgan fingerprint density at radius 2 is 2.25 bits per heavy atom. The van der Waals surface area contributed by atoms with Gasteiger partial charge in [-0.3, -0.25) is 4.79 Å². The van der Waals surface area contributed by atoms with Crippen LogP contribution in [0.1, 0.15) is 20.3 Å². The van der Waals surface area contributed by atoms with Gasteiger partial charge in [0.25, 0.3) is 5.91 Å². The van der Waals surface area contributed by atoms with Crippen LogP contribution in [0.2, 0.25) is 5.02 Å². The van der Waals surface area contributed by atoms with E-state index in [9.17, 15) is 4.79 Å². The van der Waals surface area contributed by atoms with Crippen molar-refractivity contribution in [1.82, 2.24) is 4.98 Å². The first-order chi connectivity index (χ1) is 9.47. The molecule has 20 heavy (non-hydrogen) atoms. The Labute approximate surface area is 124 Å². The van der Waals surface area contributed by atoms with Gasteiger partial charge >= 0.3 is 0 Å². The number of allylic oxidation sites excluding steroid dienone is 2. The highest BCUT2D eigenvalue weighted by atomic mass is 35.5. The zero-order valence-electron chi connectivity index (χ0n) is 11.8. The lowest BCUT2D eigenvalue weighted by Gasteiger charge is -2.06. The van der Waals surface area contributed by atoms with Gasteiger partial charge in [-0.25, -0.2) is 4.98 Å². The second-order valence-corrected chi connectivity index (χ2v) is 4.99. The number of hydrogen-bond donors (Lipinski definition) is 1. The lowest BCUT2D eigenvalue weighted by molar-refractivity contribution is -0.120. The minimum absolute atomic E-state index is 0.00462. The lowest BCUT2D eigenvalue weighted by atomic mass is 10.1. The van der Waals surface area contributed by atoms with Crippen molar-refractivity contribution in [2.75, 3.05) is 18.5 Å². The Kier molecular flexibility index (Phi) is 6.98. The number of nitrogens with zero attached hydrogens (tertiary/aromatic N) is 1. The molecule has 0 bridgehead atoms. The molecule has 1 rings (SSSR count). The Morgan fingerprint density at radius 3 is 2.85 bits per heavy atom. The van der Waals surface area contributed by atoms with E-state index in [1.807, 2.05) is 19.9 Å². The van der Waals surface area contributed by atoms with Crippen molar-refractivity contribution < 1.29 is 9.53 Å². The van der Waals surface area contributed by atoms with Gasteiger partial charge in [0.15, 0.2) is 0 Å². The fourth-order valence-electron chi connectivity index (χ4n) is 1.52. The summed E-state index contributed by atoms with van der Waals surface area (Å²) < 4.78 is 5.31. The molecule has 0 aliphatic carbocycles. The number of aromatic nitrogens is 1. The molecule has 0 saturated heterocycles. The van der Waals surface area contributed by atoms with Crippen molar-refractivity contribution in [3.8, 4) is 0 Å². The number of nitrogens with one attached hydrogen (secondary N) is 1. The molecule has 5 heteroatoms. The maximum Gasteiger partial charge on any atom is 0.251 e. The maximum atomic E-state index is 11.6. The van der Waals surface area contributed by atoms with Gasteiger partial charge in [-0.2, -0.15) is 0 Å². The Morgan fingerprint density at radius 1 is 1.50 bits per heavy atom. The van der Waals surface area contributed by atoms with E-state index in [0.717, 1.165) is 12.0 Å². The van der Waals surface area contributed by atoms with Crippen LogP contribution in [-0.4, -0.2) is 24.1 Å². The first-order valence-electron chi connectivity index (χ1n) is 6.29. The summed E-state index contributed by atoms with van der Waals surface area (Å²) in [6, 6.07) is 3.30.